The average molecular weight is 242 g/mol. The summed E-state index contributed by atoms with van der Waals surface area (Å²) in [5.74, 6) is -0.0232. The molecule has 1 aromatic carbocycles. The Labute approximate surface area is 106 Å². The van der Waals surface area contributed by atoms with Crippen LogP contribution in [0.25, 0.3) is 10.6 Å². The molecule has 1 atom stereocenters. The Morgan fingerprint density at radius 1 is 1.35 bits per heavy atom. The molecule has 0 aliphatic heterocycles. The standard InChI is InChI=1S/C14H14N2S/c1-3-11(9-15)13-10(2)16-14(17-13)12-7-5-4-6-8-12/h4-8,11H,3H2,1-2H3. The molecule has 3 heteroatoms. The van der Waals surface area contributed by atoms with E-state index < -0.39 is 0 Å². The molecule has 17 heavy (non-hydrogen) atoms. The first-order valence-electron chi connectivity index (χ1n) is 5.68. The van der Waals surface area contributed by atoms with Gasteiger partial charge in [-0.2, -0.15) is 5.26 Å². The number of nitrogens with zero attached hydrogens (tertiary/aromatic N) is 2. The molecule has 0 radical (unpaired) electrons. The molecule has 2 rings (SSSR count). The van der Waals surface area contributed by atoms with Crippen LogP contribution in [0.15, 0.2) is 30.3 Å². The third kappa shape index (κ3) is 2.37. The highest BCUT2D eigenvalue weighted by molar-refractivity contribution is 7.15. The van der Waals surface area contributed by atoms with Gasteiger partial charge in [0.15, 0.2) is 0 Å². The third-order valence-electron chi connectivity index (χ3n) is 2.73. The van der Waals surface area contributed by atoms with Crippen molar-refractivity contribution in [3.05, 3.63) is 40.9 Å². The number of aryl methyl sites for hydroxylation is 1. The molecule has 1 aromatic heterocycles. The number of hydrogen-bond acceptors (Lipinski definition) is 3. The van der Waals surface area contributed by atoms with Crippen molar-refractivity contribution in [2.45, 2.75) is 26.2 Å². The number of benzene rings is 1. The summed E-state index contributed by atoms with van der Waals surface area (Å²) in [6.07, 6.45) is 0.841. The van der Waals surface area contributed by atoms with Gasteiger partial charge in [-0.05, 0) is 13.3 Å². The SMILES string of the molecule is CCC(C#N)c1sc(-c2ccccc2)nc1C. The van der Waals surface area contributed by atoms with E-state index >= 15 is 0 Å². The third-order valence-corrected chi connectivity index (χ3v) is 4.05. The van der Waals surface area contributed by atoms with Crippen LogP contribution in [0.2, 0.25) is 0 Å². The van der Waals surface area contributed by atoms with Gasteiger partial charge in [0.25, 0.3) is 0 Å². The van der Waals surface area contributed by atoms with Crippen molar-refractivity contribution in [3.8, 4) is 16.6 Å². The highest BCUT2D eigenvalue weighted by Crippen LogP contribution is 2.33. The van der Waals surface area contributed by atoms with Gasteiger partial charge in [-0.3, -0.25) is 0 Å². The molecule has 1 unspecified atom stereocenters. The molecule has 0 N–H and O–H groups in total. The van der Waals surface area contributed by atoms with Crippen LogP contribution in [0, 0.1) is 18.3 Å². The Balaban J connectivity index is 2.41. The van der Waals surface area contributed by atoms with E-state index in [0.717, 1.165) is 27.6 Å². The first-order valence-corrected chi connectivity index (χ1v) is 6.50. The Morgan fingerprint density at radius 3 is 2.65 bits per heavy atom. The van der Waals surface area contributed by atoms with Crippen molar-refractivity contribution in [3.63, 3.8) is 0 Å². The number of rotatable bonds is 3. The molecular formula is C14H14N2S. The lowest BCUT2D eigenvalue weighted by atomic mass is 10.1. The van der Waals surface area contributed by atoms with Crippen molar-refractivity contribution >= 4 is 11.3 Å². The van der Waals surface area contributed by atoms with Crippen molar-refractivity contribution in [1.82, 2.24) is 4.98 Å². The Kier molecular flexibility index (Phi) is 3.55. The predicted octanol–water partition coefficient (Wildman–Crippen LogP) is 4.14. The zero-order valence-electron chi connectivity index (χ0n) is 9.97. The highest BCUT2D eigenvalue weighted by Gasteiger charge is 2.16. The maximum Gasteiger partial charge on any atom is 0.123 e. The van der Waals surface area contributed by atoms with Crippen LogP contribution in [0.5, 0.6) is 0 Å². The molecule has 0 saturated heterocycles. The van der Waals surface area contributed by atoms with Crippen molar-refractivity contribution in [2.24, 2.45) is 0 Å². The first kappa shape index (κ1) is 11.8. The van der Waals surface area contributed by atoms with E-state index in [4.69, 9.17) is 5.26 Å². The molecule has 0 spiro atoms. The summed E-state index contributed by atoms with van der Waals surface area (Å²) in [4.78, 5) is 5.67. The lowest BCUT2D eigenvalue weighted by Gasteiger charge is -2.01. The monoisotopic (exact) mass is 242 g/mol. The lowest BCUT2D eigenvalue weighted by Crippen LogP contribution is -1.92. The normalized spacial score (nSPS) is 12.1. The summed E-state index contributed by atoms with van der Waals surface area (Å²) in [5, 5.41) is 10.1. The van der Waals surface area contributed by atoms with Crippen LogP contribution in [0.1, 0.15) is 29.8 Å². The minimum atomic E-state index is -0.0232. The maximum atomic E-state index is 9.11. The summed E-state index contributed by atoms with van der Waals surface area (Å²) in [5.41, 5.74) is 2.11. The summed E-state index contributed by atoms with van der Waals surface area (Å²) in [6, 6.07) is 12.5. The first-order chi connectivity index (χ1) is 8.26. The highest BCUT2D eigenvalue weighted by atomic mass is 32.1. The molecule has 2 aromatic rings. The zero-order valence-corrected chi connectivity index (χ0v) is 10.8. The molecule has 0 bridgehead atoms. The molecule has 0 fully saturated rings. The minimum absolute atomic E-state index is 0.0232. The quantitative estimate of drug-likeness (QED) is 0.811. The maximum absolute atomic E-state index is 9.11. The van der Waals surface area contributed by atoms with E-state index in [9.17, 15) is 0 Å². The van der Waals surface area contributed by atoms with Gasteiger partial charge in [0, 0.05) is 10.4 Å². The van der Waals surface area contributed by atoms with E-state index in [-0.39, 0.29) is 5.92 Å². The van der Waals surface area contributed by atoms with Crippen LogP contribution in [0.4, 0.5) is 0 Å². The summed E-state index contributed by atoms with van der Waals surface area (Å²) in [6.45, 7) is 4.02. The Morgan fingerprint density at radius 2 is 2.06 bits per heavy atom. The van der Waals surface area contributed by atoms with Crippen molar-refractivity contribution < 1.29 is 0 Å². The fraction of sp³-hybridized carbons (Fsp3) is 0.286. The number of nitriles is 1. The number of thiazole rings is 1. The van der Waals surface area contributed by atoms with Gasteiger partial charge >= 0.3 is 0 Å². The van der Waals surface area contributed by atoms with Gasteiger partial charge in [0.2, 0.25) is 0 Å². The van der Waals surface area contributed by atoms with E-state index in [0.29, 0.717) is 0 Å². The van der Waals surface area contributed by atoms with Gasteiger partial charge < -0.3 is 0 Å². The minimum Gasteiger partial charge on any atom is -0.241 e. The van der Waals surface area contributed by atoms with Crippen LogP contribution >= 0.6 is 11.3 Å². The molecule has 0 amide bonds. The van der Waals surface area contributed by atoms with Gasteiger partial charge in [0.05, 0.1) is 17.7 Å². The molecule has 86 valence electrons. The molecular weight excluding hydrogens is 228 g/mol. The molecule has 2 nitrogen and oxygen atoms in total. The molecule has 0 aliphatic rings. The fourth-order valence-corrected chi connectivity index (χ4v) is 2.97. The summed E-state index contributed by atoms with van der Waals surface area (Å²) in [7, 11) is 0. The van der Waals surface area contributed by atoms with Crippen molar-refractivity contribution in [2.75, 3.05) is 0 Å². The topological polar surface area (TPSA) is 36.7 Å². The predicted molar refractivity (Wildman–Crippen MR) is 70.9 cm³/mol. The molecule has 0 saturated carbocycles. The van der Waals surface area contributed by atoms with E-state index in [1.807, 2.05) is 32.0 Å². The van der Waals surface area contributed by atoms with Crippen LogP contribution in [-0.4, -0.2) is 4.98 Å². The second-order valence-electron chi connectivity index (χ2n) is 3.92. The van der Waals surface area contributed by atoms with E-state index in [1.54, 1.807) is 11.3 Å². The van der Waals surface area contributed by atoms with Crippen LogP contribution in [0.3, 0.4) is 0 Å². The Bertz CT molecular complexity index is 537. The smallest absolute Gasteiger partial charge is 0.123 e. The van der Waals surface area contributed by atoms with E-state index in [1.165, 1.54) is 0 Å². The largest absolute Gasteiger partial charge is 0.241 e. The van der Waals surface area contributed by atoms with Crippen LogP contribution in [-0.2, 0) is 0 Å². The van der Waals surface area contributed by atoms with E-state index in [2.05, 4.69) is 23.2 Å². The second-order valence-corrected chi connectivity index (χ2v) is 4.96. The Hall–Kier alpha value is -1.66. The number of aromatic nitrogens is 1. The summed E-state index contributed by atoms with van der Waals surface area (Å²) >= 11 is 1.64. The second kappa shape index (κ2) is 5.11. The van der Waals surface area contributed by atoms with Crippen LogP contribution < -0.4 is 0 Å². The molecule has 1 heterocycles. The van der Waals surface area contributed by atoms with Gasteiger partial charge in [-0.15, -0.1) is 11.3 Å². The molecule has 0 aliphatic carbocycles. The van der Waals surface area contributed by atoms with Gasteiger partial charge in [0.1, 0.15) is 5.01 Å². The van der Waals surface area contributed by atoms with Gasteiger partial charge in [-0.25, -0.2) is 4.98 Å². The van der Waals surface area contributed by atoms with Gasteiger partial charge in [-0.1, -0.05) is 37.3 Å². The average Bonchev–Trinajstić information content (AvgIpc) is 2.75. The number of hydrogen-bond donors (Lipinski definition) is 0. The summed E-state index contributed by atoms with van der Waals surface area (Å²) < 4.78 is 0. The van der Waals surface area contributed by atoms with Crippen molar-refractivity contribution in [1.29, 1.82) is 5.26 Å². The lowest BCUT2D eigenvalue weighted by molar-refractivity contribution is 0.824. The zero-order chi connectivity index (χ0) is 12.3. The fourth-order valence-electron chi connectivity index (χ4n) is 1.77.